The molecule has 1 saturated carbocycles. The number of carbonyl (C=O) groups is 1. The van der Waals surface area contributed by atoms with E-state index in [2.05, 4.69) is 15.6 Å². The molecule has 1 aliphatic rings. The number of hydrogen-bond acceptors (Lipinski definition) is 5. The Hall–Kier alpha value is -4.39. The van der Waals surface area contributed by atoms with Gasteiger partial charge in [0.05, 0.1) is 5.69 Å². The molecule has 0 saturated heterocycles. The molecule has 0 atom stereocenters. The summed E-state index contributed by atoms with van der Waals surface area (Å²) in [4.78, 5) is 29.9. The van der Waals surface area contributed by atoms with Gasteiger partial charge in [0.2, 0.25) is 0 Å². The molecule has 0 unspecified atom stereocenters. The Morgan fingerprint density at radius 1 is 1.03 bits per heavy atom. The van der Waals surface area contributed by atoms with Crippen LogP contribution < -0.4 is 20.9 Å². The molecule has 0 aliphatic heterocycles. The molecular formula is C28H26N4O3. The van der Waals surface area contributed by atoms with Gasteiger partial charge < -0.3 is 15.4 Å². The minimum Gasteiger partial charge on any atom is -0.457 e. The highest BCUT2D eigenvalue weighted by Crippen LogP contribution is 2.22. The van der Waals surface area contributed by atoms with Crippen molar-refractivity contribution >= 4 is 11.7 Å². The van der Waals surface area contributed by atoms with Gasteiger partial charge in [-0.15, -0.1) is 0 Å². The number of ether oxygens (including phenoxy) is 1. The van der Waals surface area contributed by atoms with Gasteiger partial charge in [-0.3, -0.25) is 14.2 Å². The normalized spacial score (nSPS) is 12.7. The third-order valence-electron chi connectivity index (χ3n) is 5.85. The zero-order valence-electron chi connectivity index (χ0n) is 19.4. The number of amides is 1. The van der Waals surface area contributed by atoms with E-state index in [-0.39, 0.29) is 23.3 Å². The SMILES string of the molecule is Cc1ccc(C(=O)NC2CC2)cc1-n1ccnc(NCc2ccc(Oc3ccccc3)cc2)c1=O. The molecule has 1 fully saturated rings. The number of carbonyl (C=O) groups excluding carboxylic acids is 1. The number of hydrogen-bond donors (Lipinski definition) is 2. The summed E-state index contributed by atoms with van der Waals surface area (Å²) in [5.41, 5.74) is 2.79. The minimum atomic E-state index is -0.278. The molecule has 5 rings (SSSR count). The summed E-state index contributed by atoms with van der Waals surface area (Å²) in [5.74, 6) is 1.64. The number of nitrogens with one attached hydrogen (secondary N) is 2. The van der Waals surface area contributed by atoms with Gasteiger partial charge in [0.15, 0.2) is 5.82 Å². The standard InChI is InChI=1S/C28H26N4O3/c1-19-7-10-21(27(33)31-22-11-12-22)17-25(19)32-16-15-29-26(28(32)34)30-18-20-8-13-24(14-9-20)35-23-5-3-2-4-6-23/h2-10,13-17,22H,11-12,18H2,1H3,(H,29,30)(H,31,33). The molecule has 4 aromatic rings. The summed E-state index contributed by atoms with van der Waals surface area (Å²) in [5, 5.41) is 6.13. The van der Waals surface area contributed by atoms with E-state index in [1.165, 1.54) is 4.57 Å². The lowest BCUT2D eigenvalue weighted by Crippen LogP contribution is -2.26. The summed E-state index contributed by atoms with van der Waals surface area (Å²) in [6.45, 7) is 2.34. The number of aryl methyl sites for hydroxylation is 1. The van der Waals surface area contributed by atoms with Gasteiger partial charge in [-0.1, -0.05) is 36.4 Å². The van der Waals surface area contributed by atoms with Gasteiger partial charge in [0.1, 0.15) is 11.5 Å². The molecule has 1 aromatic heterocycles. The van der Waals surface area contributed by atoms with Crippen LogP contribution in [0.1, 0.15) is 34.3 Å². The molecule has 0 spiro atoms. The van der Waals surface area contributed by atoms with Crippen LogP contribution in [0.15, 0.2) is 90.0 Å². The number of anilines is 1. The Labute approximate surface area is 203 Å². The van der Waals surface area contributed by atoms with E-state index in [1.807, 2.05) is 67.6 Å². The maximum Gasteiger partial charge on any atom is 0.297 e. The van der Waals surface area contributed by atoms with Crippen molar-refractivity contribution in [3.8, 4) is 17.2 Å². The quantitative estimate of drug-likeness (QED) is 0.388. The monoisotopic (exact) mass is 466 g/mol. The van der Waals surface area contributed by atoms with Gasteiger partial charge in [-0.2, -0.15) is 0 Å². The van der Waals surface area contributed by atoms with Crippen molar-refractivity contribution in [3.05, 3.63) is 112 Å². The van der Waals surface area contributed by atoms with Gasteiger partial charge in [-0.05, 0) is 67.3 Å². The predicted octanol–water partition coefficient (Wildman–Crippen LogP) is 4.84. The van der Waals surface area contributed by atoms with E-state index < -0.39 is 0 Å². The fourth-order valence-corrected chi connectivity index (χ4v) is 3.71. The van der Waals surface area contributed by atoms with Crippen LogP contribution in [0.4, 0.5) is 5.82 Å². The Morgan fingerprint density at radius 2 is 1.77 bits per heavy atom. The third kappa shape index (κ3) is 5.41. The first-order valence-corrected chi connectivity index (χ1v) is 11.6. The first-order chi connectivity index (χ1) is 17.1. The van der Waals surface area contributed by atoms with E-state index >= 15 is 0 Å². The number of para-hydroxylation sites is 1. The second-order valence-corrected chi connectivity index (χ2v) is 8.61. The Bertz CT molecular complexity index is 1390. The lowest BCUT2D eigenvalue weighted by atomic mass is 10.1. The molecular weight excluding hydrogens is 440 g/mol. The lowest BCUT2D eigenvalue weighted by molar-refractivity contribution is 0.0951. The lowest BCUT2D eigenvalue weighted by Gasteiger charge is -2.13. The van der Waals surface area contributed by atoms with Crippen LogP contribution in [-0.4, -0.2) is 21.5 Å². The van der Waals surface area contributed by atoms with Crippen LogP contribution in [0.25, 0.3) is 5.69 Å². The summed E-state index contributed by atoms with van der Waals surface area (Å²) in [6.07, 6.45) is 5.24. The molecule has 3 aromatic carbocycles. The summed E-state index contributed by atoms with van der Waals surface area (Å²) in [7, 11) is 0. The fraction of sp³-hybridized carbons (Fsp3) is 0.179. The van der Waals surface area contributed by atoms with E-state index in [1.54, 1.807) is 24.5 Å². The number of nitrogens with zero attached hydrogens (tertiary/aromatic N) is 2. The van der Waals surface area contributed by atoms with E-state index in [0.717, 1.165) is 35.5 Å². The van der Waals surface area contributed by atoms with E-state index in [4.69, 9.17) is 4.74 Å². The van der Waals surface area contributed by atoms with Crippen molar-refractivity contribution in [2.75, 3.05) is 5.32 Å². The zero-order chi connectivity index (χ0) is 24.2. The smallest absolute Gasteiger partial charge is 0.297 e. The van der Waals surface area contributed by atoms with Crippen molar-refractivity contribution in [1.82, 2.24) is 14.9 Å². The topological polar surface area (TPSA) is 85.2 Å². The minimum absolute atomic E-state index is 0.117. The van der Waals surface area contributed by atoms with Crippen molar-refractivity contribution in [2.24, 2.45) is 0 Å². The molecule has 1 aliphatic carbocycles. The average molecular weight is 467 g/mol. The Balaban J connectivity index is 1.30. The second-order valence-electron chi connectivity index (χ2n) is 8.61. The predicted molar refractivity (Wildman–Crippen MR) is 135 cm³/mol. The second kappa shape index (κ2) is 9.85. The molecule has 1 amide bonds. The van der Waals surface area contributed by atoms with Gasteiger partial charge >= 0.3 is 0 Å². The largest absolute Gasteiger partial charge is 0.457 e. The van der Waals surface area contributed by atoms with Crippen LogP contribution in [0, 0.1) is 6.92 Å². The first-order valence-electron chi connectivity index (χ1n) is 11.6. The van der Waals surface area contributed by atoms with Crippen LogP contribution in [-0.2, 0) is 6.54 Å². The van der Waals surface area contributed by atoms with Crippen molar-refractivity contribution in [2.45, 2.75) is 32.4 Å². The van der Waals surface area contributed by atoms with Gasteiger partial charge in [-0.25, -0.2) is 4.98 Å². The van der Waals surface area contributed by atoms with E-state index in [0.29, 0.717) is 17.8 Å². The molecule has 7 heteroatoms. The molecule has 176 valence electrons. The molecule has 2 N–H and O–H groups in total. The van der Waals surface area contributed by atoms with Crippen LogP contribution >= 0.6 is 0 Å². The number of benzene rings is 3. The number of aromatic nitrogens is 2. The van der Waals surface area contributed by atoms with Gasteiger partial charge in [0, 0.05) is 30.5 Å². The summed E-state index contributed by atoms with van der Waals surface area (Å²) < 4.78 is 7.35. The molecule has 35 heavy (non-hydrogen) atoms. The summed E-state index contributed by atoms with van der Waals surface area (Å²) >= 11 is 0. The van der Waals surface area contributed by atoms with Crippen LogP contribution in [0.5, 0.6) is 11.5 Å². The summed E-state index contributed by atoms with van der Waals surface area (Å²) in [6, 6.07) is 22.9. The van der Waals surface area contributed by atoms with Crippen LogP contribution in [0.2, 0.25) is 0 Å². The average Bonchev–Trinajstić information content (AvgIpc) is 3.69. The maximum absolute atomic E-state index is 13.2. The highest BCUT2D eigenvalue weighted by Gasteiger charge is 2.24. The van der Waals surface area contributed by atoms with Crippen molar-refractivity contribution in [1.29, 1.82) is 0 Å². The fourth-order valence-electron chi connectivity index (χ4n) is 3.71. The molecule has 0 bridgehead atoms. The first kappa shape index (κ1) is 22.4. The van der Waals surface area contributed by atoms with Crippen molar-refractivity contribution in [3.63, 3.8) is 0 Å². The Kier molecular flexibility index (Phi) is 6.30. The van der Waals surface area contributed by atoms with E-state index in [9.17, 15) is 9.59 Å². The third-order valence-corrected chi connectivity index (χ3v) is 5.85. The van der Waals surface area contributed by atoms with Crippen LogP contribution in [0.3, 0.4) is 0 Å². The molecule has 0 radical (unpaired) electrons. The Morgan fingerprint density at radius 3 is 2.51 bits per heavy atom. The highest BCUT2D eigenvalue weighted by molar-refractivity contribution is 5.95. The highest BCUT2D eigenvalue weighted by atomic mass is 16.5. The number of rotatable bonds is 8. The molecule has 7 nitrogen and oxygen atoms in total. The van der Waals surface area contributed by atoms with Gasteiger partial charge in [0.25, 0.3) is 11.5 Å². The molecule has 1 heterocycles. The maximum atomic E-state index is 13.2. The van der Waals surface area contributed by atoms with Crippen molar-refractivity contribution < 1.29 is 9.53 Å². The zero-order valence-corrected chi connectivity index (χ0v) is 19.4.